The number of nitrogen functional groups attached to an aromatic ring is 1. The van der Waals surface area contributed by atoms with Crippen LogP contribution in [0.2, 0.25) is 0 Å². The lowest BCUT2D eigenvalue weighted by Crippen LogP contribution is -2.24. The molecule has 0 aliphatic carbocycles. The number of hydrogen-bond acceptors (Lipinski definition) is 5. The number of anilines is 1. The Balaban J connectivity index is 2.08. The van der Waals surface area contributed by atoms with E-state index in [-0.39, 0.29) is 12.8 Å². The van der Waals surface area contributed by atoms with Crippen molar-refractivity contribution in [3.05, 3.63) is 12.5 Å². The first kappa shape index (κ1) is 9.45. The van der Waals surface area contributed by atoms with Crippen LogP contribution in [0, 0.1) is 0 Å². The number of rotatable bonds is 2. The average Bonchev–Trinajstić information content (AvgIpc) is 2.71. The van der Waals surface area contributed by atoms with E-state index in [1.54, 1.807) is 17.1 Å². The molecule has 1 aliphatic heterocycles. The van der Waals surface area contributed by atoms with Gasteiger partial charge in [0.2, 0.25) is 0 Å². The van der Waals surface area contributed by atoms with Crippen LogP contribution in [0.5, 0.6) is 0 Å². The lowest BCUT2D eigenvalue weighted by molar-refractivity contribution is -0.0443. The lowest BCUT2D eigenvalue weighted by atomic mass is 10.2. The Morgan fingerprint density at radius 3 is 3.00 bits per heavy atom. The molecule has 0 saturated carbocycles. The van der Waals surface area contributed by atoms with E-state index in [1.165, 1.54) is 0 Å². The van der Waals surface area contributed by atoms with Gasteiger partial charge in [0, 0.05) is 12.6 Å². The minimum Gasteiger partial charge on any atom is -0.394 e. The van der Waals surface area contributed by atoms with Gasteiger partial charge in [0.15, 0.2) is 0 Å². The van der Waals surface area contributed by atoms with Crippen LogP contribution in [0.25, 0.3) is 0 Å². The summed E-state index contributed by atoms with van der Waals surface area (Å²) in [5.41, 5.74) is 5.45. The summed E-state index contributed by atoms with van der Waals surface area (Å²) in [6, 6.07) is 0. The van der Waals surface area contributed by atoms with Gasteiger partial charge in [-0.3, -0.25) is 0 Å². The van der Waals surface area contributed by atoms with E-state index < -0.39 is 12.2 Å². The van der Waals surface area contributed by atoms with Crippen molar-refractivity contribution in [2.45, 2.75) is 24.9 Å². The van der Waals surface area contributed by atoms with Crippen molar-refractivity contribution >= 4 is 5.82 Å². The molecule has 14 heavy (non-hydrogen) atoms. The number of nitrogens with zero attached hydrogens (tertiary/aromatic N) is 2. The molecular formula is C8H13N3O3. The van der Waals surface area contributed by atoms with Crippen molar-refractivity contribution in [3.63, 3.8) is 0 Å². The summed E-state index contributed by atoms with van der Waals surface area (Å²) in [6.07, 6.45) is 2.20. The molecule has 6 nitrogen and oxygen atoms in total. The SMILES string of the molecule is Nc1cn([C@H]2C[C@H](O)[C@@H](CO)O2)cn1. The Labute approximate surface area is 80.9 Å². The molecule has 0 amide bonds. The van der Waals surface area contributed by atoms with Gasteiger partial charge in [-0.25, -0.2) is 4.98 Å². The fourth-order valence-corrected chi connectivity index (χ4v) is 1.57. The monoisotopic (exact) mass is 199 g/mol. The van der Waals surface area contributed by atoms with Crippen LogP contribution in [0.1, 0.15) is 12.6 Å². The smallest absolute Gasteiger partial charge is 0.141 e. The number of aromatic nitrogens is 2. The highest BCUT2D eigenvalue weighted by Crippen LogP contribution is 2.28. The summed E-state index contributed by atoms with van der Waals surface area (Å²) in [5.74, 6) is 0.413. The summed E-state index contributed by atoms with van der Waals surface area (Å²) in [4.78, 5) is 3.85. The van der Waals surface area contributed by atoms with Gasteiger partial charge in [0.05, 0.1) is 19.0 Å². The van der Waals surface area contributed by atoms with Crippen molar-refractivity contribution in [2.24, 2.45) is 0 Å². The van der Waals surface area contributed by atoms with E-state index in [0.29, 0.717) is 12.2 Å². The summed E-state index contributed by atoms with van der Waals surface area (Å²) < 4.78 is 7.08. The largest absolute Gasteiger partial charge is 0.394 e. The Bertz CT molecular complexity index is 315. The quantitative estimate of drug-likeness (QED) is 0.574. The lowest BCUT2D eigenvalue weighted by Gasteiger charge is -2.12. The van der Waals surface area contributed by atoms with E-state index in [1.807, 2.05) is 0 Å². The summed E-state index contributed by atoms with van der Waals surface area (Å²) in [5, 5.41) is 18.3. The van der Waals surface area contributed by atoms with Gasteiger partial charge in [-0.05, 0) is 0 Å². The fraction of sp³-hybridized carbons (Fsp3) is 0.625. The normalized spacial score (nSPS) is 32.3. The zero-order chi connectivity index (χ0) is 10.1. The van der Waals surface area contributed by atoms with Gasteiger partial charge < -0.3 is 25.3 Å². The Morgan fingerprint density at radius 2 is 2.50 bits per heavy atom. The number of aliphatic hydroxyl groups is 2. The standard InChI is InChI=1S/C8H13N3O3/c9-7-2-11(4-10-7)8-1-5(13)6(3-12)14-8/h2,4-6,8,12-13H,1,3,9H2/t5-,6+,8+/m0/s1. The molecule has 1 aromatic rings. The number of aliphatic hydroxyl groups excluding tert-OH is 2. The number of ether oxygens (including phenoxy) is 1. The first-order valence-electron chi connectivity index (χ1n) is 4.44. The molecule has 0 radical (unpaired) electrons. The molecule has 0 bridgehead atoms. The molecule has 0 spiro atoms. The van der Waals surface area contributed by atoms with Crippen LogP contribution in [0.3, 0.4) is 0 Å². The molecule has 4 N–H and O–H groups in total. The molecule has 0 unspecified atom stereocenters. The van der Waals surface area contributed by atoms with E-state index in [9.17, 15) is 5.11 Å². The summed E-state index contributed by atoms with van der Waals surface area (Å²) in [7, 11) is 0. The second-order valence-corrected chi connectivity index (χ2v) is 3.36. The zero-order valence-corrected chi connectivity index (χ0v) is 7.58. The first-order valence-corrected chi connectivity index (χ1v) is 4.44. The molecule has 1 fully saturated rings. The second kappa shape index (κ2) is 3.56. The second-order valence-electron chi connectivity index (χ2n) is 3.36. The van der Waals surface area contributed by atoms with Gasteiger partial charge in [-0.2, -0.15) is 0 Å². The van der Waals surface area contributed by atoms with Crippen molar-refractivity contribution in [1.29, 1.82) is 0 Å². The van der Waals surface area contributed by atoms with Crippen molar-refractivity contribution < 1.29 is 14.9 Å². The van der Waals surface area contributed by atoms with E-state index in [0.717, 1.165) is 0 Å². The van der Waals surface area contributed by atoms with E-state index >= 15 is 0 Å². The van der Waals surface area contributed by atoms with E-state index in [2.05, 4.69) is 4.98 Å². The Hall–Kier alpha value is -1.11. The topological polar surface area (TPSA) is 93.5 Å². The molecule has 6 heteroatoms. The van der Waals surface area contributed by atoms with Crippen LogP contribution in [-0.4, -0.2) is 38.6 Å². The Kier molecular flexibility index (Phi) is 2.40. The fourth-order valence-electron chi connectivity index (χ4n) is 1.57. The number of imidazole rings is 1. The van der Waals surface area contributed by atoms with Gasteiger partial charge in [-0.1, -0.05) is 0 Å². The summed E-state index contributed by atoms with van der Waals surface area (Å²) >= 11 is 0. The van der Waals surface area contributed by atoms with Crippen LogP contribution in [-0.2, 0) is 4.74 Å². The maximum absolute atomic E-state index is 9.48. The van der Waals surface area contributed by atoms with Crippen LogP contribution in [0.4, 0.5) is 5.82 Å². The molecule has 1 aliphatic rings. The highest BCUT2D eigenvalue weighted by Gasteiger charge is 2.34. The Morgan fingerprint density at radius 1 is 1.71 bits per heavy atom. The molecule has 3 atom stereocenters. The molecule has 0 aromatic carbocycles. The van der Waals surface area contributed by atoms with E-state index in [4.69, 9.17) is 15.6 Å². The van der Waals surface area contributed by atoms with Crippen molar-refractivity contribution in [2.75, 3.05) is 12.3 Å². The highest BCUT2D eigenvalue weighted by molar-refractivity contribution is 5.22. The minimum atomic E-state index is -0.631. The van der Waals surface area contributed by atoms with Gasteiger partial charge >= 0.3 is 0 Å². The maximum Gasteiger partial charge on any atom is 0.141 e. The predicted octanol–water partition coefficient (Wildman–Crippen LogP) is -0.894. The third kappa shape index (κ3) is 1.59. The van der Waals surface area contributed by atoms with Crippen LogP contribution >= 0.6 is 0 Å². The van der Waals surface area contributed by atoms with Crippen LogP contribution < -0.4 is 5.73 Å². The van der Waals surface area contributed by atoms with Gasteiger partial charge in [-0.15, -0.1) is 0 Å². The van der Waals surface area contributed by atoms with Crippen molar-refractivity contribution in [1.82, 2.24) is 9.55 Å². The molecule has 2 rings (SSSR count). The van der Waals surface area contributed by atoms with Gasteiger partial charge in [0.25, 0.3) is 0 Å². The third-order valence-electron chi connectivity index (χ3n) is 2.34. The maximum atomic E-state index is 9.48. The molecule has 1 saturated heterocycles. The molecule has 78 valence electrons. The van der Waals surface area contributed by atoms with Crippen LogP contribution in [0.15, 0.2) is 12.5 Å². The molecule has 1 aromatic heterocycles. The molecular weight excluding hydrogens is 186 g/mol. The van der Waals surface area contributed by atoms with Crippen molar-refractivity contribution in [3.8, 4) is 0 Å². The van der Waals surface area contributed by atoms with Gasteiger partial charge in [0.1, 0.15) is 18.1 Å². The first-order chi connectivity index (χ1) is 6.70. The zero-order valence-electron chi connectivity index (χ0n) is 7.58. The third-order valence-corrected chi connectivity index (χ3v) is 2.34. The highest BCUT2D eigenvalue weighted by atomic mass is 16.5. The number of nitrogens with two attached hydrogens (primary N) is 1. The average molecular weight is 199 g/mol. The summed E-state index contributed by atoms with van der Waals surface area (Å²) in [6.45, 7) is -0.179. The number of hydrogen-bond donors (Lipinski definition) is 3. The predicted molar refractivity (Wildman–Crippen MR) is 48.3 cm³/mol. The minimum absolute atomic E-state index is 0.179. The molecule has 2 heterocycles.